The lowest BCUT2D eigenvalue weighted by molar-refractivity contribution is 0.255. The normalized spacial score (nSPS) is 18.7. The van der Waals surface area contributed by atoms with Crippen molar-refractivity contribution in [2.75, 3.05) is 6.54 Å². The highest BCUT2D eigenvalue weighted by Gasteiger charge is 2.22. The minimum atomic E-state index is 0.209. The van der Waals surface area contributed by atoms with E-state index in [1.165, 1.54) is 5.56 Å². The lowest BCUT2D eigenvalue weighted by Gasteiger charge is -2.04. The second kappa shape index (κ2) is 5.40. The fourth-order valence-corrected chi connectivity index (χ4v) is 2.21. The molecule has 0 bridgehead atoms. The van der Waals surface area contributed by atoms with Crippen molar-refractivity contribution in [1.29, 1.82) is 0 Å². The van der Waals surface area contributed by atoms with E-state index in [1.54, 1.807) is 0 Å². The molecule has 1 aliphatic heterocycles. The Kier molecular flexibility index (Phi) is 3.46. The molecule has 1 atom stereocenters. The maximum atomic E-state index is 5.63. The third kappa shape index (κ3) is 2.93. The largest absolute Gasteiger partial charge is 0.484 e. The summed E-state index contributed by atoms with van der Waals surface area (Å²) in [5.74, 6) is 2.00. The first-order chi connectivity index (χ1) is 9.31. The first-order valence-electron chi connectivity index (χ1n) is 6.56. The van der Waals surface area contributed by atoms with Crippen molar-refractivity contribution in [2.45, 2.75) is 32.4 Å². The van der Waals surface area contributed by atoms with E-state index in [0.29, 0.717) is 18.4 Å². The van der Waals surface area contributed by atoms with Gasteiger partial charge in [0, 0.05) is 0 Å². The molecular formula is C14H17N3O2. The van der Waals surface area contributed by atoms with Gasteiger partial charge in [-0.15, -0.1) is 10.2 Å². The predicted octanol–water partition coefficient (Wildman–Crippen LogP) is 2.38. The number of aromatic nitrogens is 2. The summed E-state index contributed by atoms with van der Waals surface area (Å²) < 4.78 is 11.2. The van der Waals surface area contributed by atoms with Crippen molar-refractivity contribution in [1.82, 2.24) is 15.5 Å². The highest BCUT2D eigenvalue weighted by molar-refractivity contribution is 5.27. The highest BCUT2D eigenvalue weighted by Crippen LogP contribution is 2.22. The van der Waals surface area contributed by atoms with Crippen LogP contribution in [-0.4, -0.2) is 16.7 Å². The maximum Gasteiger partial charge on any atom is 0.253 e. The Hall–Kier alpha value is -1.88. The van der Waals surface area contributed by atoms with Gasteiger partial charge in [0.05, 0.1) is 6.04 Å². The molecule has 0 saturated carbocycles. The first kappa shape index (κ1) is 12.2. The Balaban J connectivity index is 1.61. The van der Waals surface area contributed by atoms with Gasteiger partial charge >= 0.3 is 0 Å². The Morgan fingerprint density at radius 3 is 3.16 bits per heavy atom. The SMILES string of the molecule is Cc1cccc(OCc2nnc(C3CCCN3)o2)c1. The number of benzene rings is 1. The molecular weight excluding hydrogens is 242 g/mol. The van der Waals surface area contributed by atoms with Crippen LogP contribution in [0.3, 0.4) is 0 Å². The molecule has 1 unspecified atom stereocenters. The zero-order valence-corrected chi connectivity index (χ0v) is 10.9. The molecule has 100 valence electrons. The molecule has 1 N–H and O–H groups in total. The fraction of sp³-hybridized carbons (Fsp3) is 0.429. The third-order valence-electron chi connectivity index (χ3n) is 3.19. The molecule has 1 saturated heterocycles. The highest BCUT2D eigenvalue weighted by atomic mass is 16.5. The van der Waals surface area contributed by atoms with Crippen LogP contribution in [0.25, 0.3) is 0 Å². The van der Waals surface area contributed by atoms with E-state index < -0.39 is 0 Å². The standard InChI is InChI=1S/C14H17N3O2/c1-10-4-2-5-11(8-10)18-9-13-16-17-14(19-13)12-6-3-7-15-12/h2,4-5,8,12,15H,3,6-7,9H2,1H3. The number of nitrogens with one attached hydrogen (secondary N) is 1. The Morgan fingerprint density at radius 2 is 2.37 bits per heavy atom. The van der Waals surface area contributed by atoms with E-state index in [-0.39, 0.29) is 6.04 Å². The lowest BCUT2D eigenvalue weighted by Crippen LogP contribution is -2.12. The second-order valence-corrected chi connectivity index (χ2v) is 4.79. The van der Waals surface area contributed by atoms with Gasteiger partial charge in [-0.25, -0.2) is 0 Å². The van der Waals surface area contributed by atoms with Gasteiger partial charge in [-0.2, -0.15) is 0 Å². The topological polar surface area (TPSA) is 60.2 Å². The molecule has 2 aromatic rings. The number of ether oxygens (including phenoxy) is 1. The summed E-state index contributed by atoms with van der Waals surface area (Å²) in [7, 11) is 0. The van der Waals surface area contributed by atoms with Crippen LogP contribution in [-0.2, 0) is 6.61 Å². The molecule has 1 aliphatic rings. The molecule has 0 spiro atoms. The summed E-state index contributed by atoms with van der Waals surface area (Å²) >= 11 is 0. The van der Waals surface area contributed by atoms with Crippen molar-refractivity contribution in [3.8, 4) is 5.75 Å². The van der Waals surface area contributed by atoms with Crippen LogP contribution in [0.1, 0.15) is 36.2 Å². The first-order valence-corrected chi connectivity index (χ1v) is 6.56. The average molecular weight is 259 g/mol. The van der Waals surface area contributed by atoms with Crippen molar-refractivity contribution >= 4 is 0 Å². The smallest absolute Gasteiger partial charge is 0.253 e. The minimum Gasteiger partial charge on any atom is -0.484 e. The van der Waals surface area contributed by atoms with E-state index in [9.17, 15) is 0 Å². The van der Waals surface area contributed by atoms with Crippen LogP contribution in [0.15, 0.2) is 28.7 Å². The van der Waals surface area contributed by atoms with Crippen molar-refractivity contribution in [2.24, 2.45) is 0 Å². The monoisotopic (exact) mass is 259 g/mol. The minimum absolute atomic E-state index is 0.209. The zero-order chi connectivity index (χ0) is 13.1. The Morgan fingerprint density at radius 1 is 1.42 bits per heavy atom. The second-order valence-electron chi connectivity index (χ2n) is 4.79. The van der Waals surface area contributed by atoms with Crippen LogP contribution in [0.4, 0.5) is 0 Å². The van der Waals surface area contributed by atoms with E-state index in [0.717, 1.165) is 25.1 Å². The van der Waals surface area contributed by atoms with Gasteiger partial charge in [0.2, 0.25) is 5.89 Å². The molecule has 0 amide bonds. The quantitative estimate of drug-likeness (QED) is 0.913. The predicted molar refractivity (Wildman–Crippen MR) is 69.8 cm³/mol. The molecule has 1 aromatic carbocycles. The number of hydrogen-bond donors (Lipinski definition) is 1. The summed E-state index contributed by atoms with van der Waals surface area (Å²) in [4.78, 5) is 0. The van der Waals surface area contributed by atoms with Crippen molar-refractivity contribution in [3.63, 3.8) is 0 Å². The number of rotatable bonds is 4. The Labute approximate surface area is 112 Å². The lowest BCUT2D eigenvalue weighted by atomic mass is 10.2. The van der Waals surface area contributed by atoms with Gasteiger partial charge in [0.25, 0.3) is 5.89 Å². The summed E-state index contributed by atoms with van der Waals surface area (Å²) in [6.07, 6.45) is 2.21. The van der Waals surface area contributed by atoms with E-state index in [4.69, 9.17) is 9.15 Å². The van der Waals surface area contributed by atoms with Crippen LogP contribution in [0.5, 0.6) is 5.75 Å². The van der Waals surface area contributed by atoms with Crippen LogP contribution in [0.2, 0.25) is 0 Å². The molecule has 3 rings (SSSR count). The van der Waals surface area contributed by atoms with E-state index >= 15 is 0 Å². The Bertz CT molecular complexity index is 547. The third-order valence-corrected chi connectivity index (χ3v) is 3.19. The molecule has 19 heavy (non-hydrogen) atoms. The van der Waals surface area contributed by atoms with Crippen LogP contribution in [0, 0.1) is 6.92 Å². The molecule has 2 heterocycles. The van der Waals surface area contributed by atoms with E-state index in [1.807, 2.05) is 31.2 Å². The molecule has 0 radical (unpaired) electrons. The summed E-state index contributed by atoms with van der Waals surface area (Å²) in [5.41, 5.74) is 1.17. The van der Waals surface area contributed by atoms with Gasteiger partial charge in [0.15, 0.2) is 6.61 Å². The molecule has 0 aliphatic carbocycles. The molecule has 5 nitrogen and oxygen atoms in total. The van der Waals surface area contributed by atoms with Crippen LogP contribution >= 0.6 is 0 Å². The number of nitrogens with zero attached hydrogens (tertiary/aromatic N) is 2. The summed E-state index contributed by atoms with van der Waals surface area (Å²) in [6, 6.07) is 8.11. The van der Waals surface area contributed by atoms with Crippen LogP contribution < -0.4 is 10.1 Å². The van der Waals surface area contributed by atoms with Gasteiger partial charge < -0.3 is 14.5 Å². The number of hydrogen-bond acceptors (Lipinski definition) is 5. The summed E-state index contributed by atoms with van der Waals surface area (Å²) in [6.45, 7) is 3.36. The number of aryl methyl sites for hydroxylation is 1. The zero-order valence-electron chi connectivity index (χ0n) is 10.9. The van der Waals surface area contributed by atoms with E-state index in [2.05, 4.69) is 15.5 Å². The molecule has 1 aromatic heterocycles. The van der Waals surface area contributed by atoms with Gasteiger partial charge in [-0.05, 0) is 44.0 Å². The van der Waals surface area contributed by atoms with Gasteiger partial charge in [0.1, 0.15) is 5.75 Å². The van der Waals surface area contributed by atoms with Gasteiger partial charge in [-0.3, -0.25) is 0 Å². The average Bonchev–Trinajstić information content (AvgIpc) is 3.07. The maximum absolute atomic E-state index is 5.63. The molecule has 5 heteroatoms. The van der Waals surface area contributed by atoms with Gasteiger partial charge in [-0.1, -0.05) is 12.1 Å². The van der Waals surface area contributed by atoms with Crippen molar-refractivity contribution in [3.05, 3.63) is 41.6 Å². The summed E-state index contributed by atoms with van der Waals surface area (Å²) in [5, 5.41) is 11.4. The molecule has 1 fully saturated rings. The fourth-order valence-electron chi connectivity index (χ4n) is 2.21. The van der Waals surface area contributed by atoms with Crippen molar-refractivity contribution < 1.29 is 9.15 Å².